The molecule has 0 spiro atoms. The molecule has 0 aromatic heterocycles. The highest BCUT2D eigenvalue weighted by molar-refractivity contribution is 7.99. The summed E-state index contributed by atoms with van der Waals surface area (Å²) in [6.45, 7) is 1.67. The predicted octanol–water partition coefficient (Wildman–Crippen LogP) is 3.74. The number of ketones is 1. The van der Waals surface area contributed by atoms with Gasteiger partial charge in [-0.25, -0.2) is 13.6 Å². The second-order valence-corrected chi connectivity index (χ2v) is 8.52. The summed E-state index contributed by atoms with van der Waals surface area (Å²) in [5, 5.41) is 0. The van der Waals surface area contributed by atoms with Crippen LogP contribution in [0.25, 0.3) is 0 Å². The van der Waals surface area contributed by atoms with Crippen molar-refractivity contribution in [3.05, 3.63) is 23.8 Å². The van der Waals surface area contributed by atoms with E-state index >= 15 is 0 Å². The summed E-state index contributed by atoms with van der Waals surface area (Å²) < 4.78 is 35.0. The number of nitrogens with zero attached hydrogens (tertiary/aromatic N) is 2. The molecule has 146 valence electrons. The van der Waals surface area contributed by atoms with Gasteiger partial charge in [-0.3, -0.25) is 4.90 Å². The first-order valence-corrected chi connectivity index (χ1v) is 10.4. The number of benzene rings is 1. The van der Waals surface area contributed by atoms with Crippen molar-refractivity contribution < 1.29 is 23.1 Å². The highest BCUT2D eigenvalue weighted by Crippen LogP contribution is 2.41. The number of ether oxygens (including phenoxy) is 1. The number of fused-ring (bicyclic) bond motifs is 2. The summed E-state index contributed by atoms with van der Waals surface area (Å²) in [5.74, 6) is 0.490. The molecule has 5 nitrogen and oxygen atoms in total. The molecule has 3 saturated heterocycles. The molecule has 3 aliphatic rings. The summed E-state index contributed by atoms with van der Waals surface area (Å²) in [6, 6.07) is 2.76. The molecule has 3 atom stereocenters. The molecule has 3 aliphatic heterocycles. The average Bonchev–Trinajstić information content (AvgIpc) is 3.08. The largest absolute Gasteiger partial charge is 0.444 e. The molecular formula is C19H22F2N2O3S. The van der Waals surface area contributed by atoms with E-state index in [-0.39, 0.29) is 35.8 Å². The van der Waals surface area contributed by atoms with Crippen LogP contribution in [0.3, 0.4) is 0 Å². The summed E-state index contributed by atoms with van der Waals surface area (Å²) in [4.78, 5) is 26.4. The monoisotopic (exact) mass is 396 g/mol. The van der Waals surface area contributed by atoms with Gasteiger partial charge in [-0.1, -0.05) is 0 Å². The van der Waals surface area contributed by atoms with Gasteiger partial charge in [-0.2, -0.15) is 11.8 Å². The van der Waals surface area contributed by atoms with E-state index in [4.69, 9.17) is 4.74 Å². The molecule has 8 heteroatoms. The zero-order chi connectivity index (χ0) is 19.1. The van der Waals surface area contributed by atoms with Crippen molar-refractivity contribution in [3.63, 3.8) is 0 Å². The summed E-state index contributed by atoms with van der Waals surface area (Å²) in [7, 11) is 0. The normalized spacial score (nSPS) is 27.2. The Hall–Kier alpha value is -1.83. The Bertz CT molecular complexity index is 736. The van der Waals surface area contributed by atoms with E-state index in [0.717, 1.165) is 24.3 Å². The van der Waals surface area contributed by atoms with Crippen LogP contribution < -0.4 is 9.80 Å². The molecule has 1 amide bonds. The number of amides is 1. The number of carbonyl (C=O) groups is 2. The van der Waals surface area contributed by atoms with Gasteiger partial charge in [-0.15, -0.1) is 0 Å². The van der Waals surface area contributed by atoms with Gasteiger partial charge < -0.3 is 14.4 Å². The minimum Gasteiger partial charge on any atom is -0.444 e. The molecule has 4 rings (SSSR count). The number of cyclic esters (lactones) is 1. The topological polar surface area (TPSA) is 49.9 Å². The third kappa shape index (κ3) is 3.51. The Morgan fingerprint density at radius 2 is 1.85 bits per heavy atom. The van der Waals surface area contributed by atoms with Crippen molar-refractivity contribution >= 4 is 35.0 Å². The highest BCUT2D eigenvalue weighted by Gasteiger charge is 2.40. The van der Waals surface area contributed by atoms with Gasteiger partial charge in [-0.05, 0) is 26.2 Å². The maximum atomic E-state index is 14.9. The molecule has 2 bridgehead atoms. The van der Waals surface area contributed by atoms with Crippen molar-refractivity contribution in [2.45, 2.75) is 50.8 Å². The molecule has 2 unspecified atom stereocenters. The van der Waals surface area contributed by atoms with E-state index in [1.807, 2.05) is 16.7 Å². The second-order valence-electron chi connectivity index (χ2n) is 7.44. The molecule has 1 aromatic carbocycles. The lowest BCUT2D eigenvalue weighted by Gasteiger charge is -2.37. The van der Waals surface area contributed by atoms with Crippen LogP contribution in [0.5, 0.6) is 0 Å². The van der Waals surface area contributed by atoms with Crippen LogP contribution in [-0.4, -0.2) is 48.1 Å². The van der Waals surface area contributed by atoms with Crippen LogP contribution in [0.2, 0.25) is 0 Å². The number of hydrogen-bond acceptors (Lipinski definition) is 5. The van der Waals surface area contributed by atoms with Gasteiger partial charge in [0.05, 0.1) is 12.2 Å². The number of carbonyl (C=O) groups excluding carboxylic acids is 2. The first kappa shape index (κ1) is 18.5. The van der Waals surface area contributed by atoms with E-state index < -0.39 is 23.8 Å². The minimum atomic E-state index is -0.645. The van der Waals surface area contributed by atoms with Gasteiger partial charge in [0, 0.05) is 42.1 Å². The van der Waals surface area contributed by atoms with Crippen LogP contribution in [0.15, 0.2) is 12.1 Å². The first-order valence-electron chi connectivity index (χ1n) is 9.26. The van der Waals surface area contributed by atoms with E-state index in [0.29, 0.717) is 12.8 Å². The van der Waals surface area contributed by atoms with E-state index in [1.54, 1.807) is 0 Å². The van der Waals surface area contributed by atoms with Crippen molar-refractivity contribution in [1.29, 1.82) is 0 Å². The molecule has 3 heterocycles. The lowest BCUT2D eigenvalue weighted by Crippen LogP contribution is -2.43. The maximum Gasteiger partial charge on any atom is 0.414 e. The van der Waals surface area contributed by atoms with Gasteiger partial charge in [0.1, 0.15) is 17.6 Å². The molecule has 0 N–H and O–H groups in total. The van der Waals surface area contributed by atoms with Gasteiger partial charge in [0.25, 0.3) is 0 Å². The Morgan fingerprint density at radius 3 is 2.44 bits per heavy atom. The molecular weight excluding hydrogens is 374 g/mol. The SMILES string of the molecule is CC(=O)CC[C@H]1CN(c2cc(F)c(N3C4CCC3CSC4)c(F)c2)C(=O)O1. The molecule has 0 saturated carbocycles. The molecule has 27 heavy (non-hydrogen) atoms. The Morgan fingerprint density at radius 1 is 1.22 bits per heavy atom. The fraction of sp³-hybridized carbons (Fsp3) is 0.579. The number of halogens is 2. The number of thioether (sulfide) groups is 1. The lowest BCUT2D eigenvalue weighted by atomic mass is 10.1. The summed E-state index contributed by atoms with van der Waals surface area (Å²) in [5.41, 5.74) is 0.176. The van der Waals surface area contributed by atoms with Crippen LogP contribution in [-0.2, 0) is 9.53 Å². The fourth-order valence-electron chi connectivity index (χ4n) is 4.20. The Labute approximate surface area is 161 Å². The zero-order valence-electron chi connectivity index (χ0n) is 15.1. The van der Waals surface area contributed by atoms with Gasteiger partial charge >= 0.3 is 6.09 Å². The van der Waals surface area contributed by atoms with Gasteiger partial charge in [0.15, 0.2) is 11.6 Å². The van der Waals surface area contributed by atoms with Crippen LogP contribution in [0.4, 0.5) is 25.0 Å². The van der Waals surface area contributed by atoms with Crippen molar-refractivity contribution in [2.24, 2.45) is 0 Å². The number of anilines is 2. The third-order valence-electron chi connectivity index (χ3n) is 5.50. The summed E-state index contributed by atoms with van der Waals surface area (Å²) in [6.07, 6.45) is 1.55. The smallest absolute Gasteiger partial charge is 0.414 e. The average molecular weight is 396 g/mol. The predicted molar refractivity (Wildman–Crippen MR) is 101 cm³/mol. The van der Waals surface area contributed by atoms with Crippen molar-refractivity contribution in [2.75, 3.05) is 27.9 Å². The standard InChI is InChI=1S/C19H22F2N2O3S/c1-11(24)2-5-15-8-22(19(25)26-15)14-6-16(20)18(17(21)7-14)23-12-3-4-13(23)10-27-9-12/h6-7,12-13,15H,2-5,8-10H2,1H3/t12?,13?,15-/m0/s1. The van der Waals surface area contributed by atoms with Crippen LogP contribution in [0.1, 0.15) is 32.6 Å². The van der Waals surface area contributed by atoms with Crippen molar-refractivity contribution in [3.8, 4) is 0 Å². The maximum absolute atomic E-state index is 14.9. The number of hydrogen-bond donors (Lipinski definition) is 0. The summed E-state index contributed by atoms with van der Waals surface area (Å²) >= 11 is 1.83. The quantitative estimate of drug-likeness (QED) is 0.759. The minimum absolute atomic E-state index is 0.0141. The van der Waals surface area contributed by atoms with E-state index in [2.05, 4.69) is 0 Å². The second kappa shape index (κ2) is 7.30. The zero-order valence-corrected chi connectivity index (χ0v) is 15.9. The Kier molecular flexibility index (Phi) is 5.01. The molecule has 1 aromatic rings. The van der Waals surface area contributed by atoms with E-state index in [1.165, 1.54) is 24.0 Å². The molecule has 0 aliphatic carbocycles. The fourth-order valence-corrected chi connectivity index (χ4v) is 5.53. The van der Waals surface area contributed by atoms with Crippen LogP contribution in [0, 0.1) is 11.6 Å². The first-order chi connectivity index (χ1) is 12.9. The molecule has 0 radical (unpaired) electrons. The van der Waals surface area contributed by atoms with Crippen molar-refractivity contribution in [1.82, 2.24) is 0 Å². The number of rotatable bonds is 5. The van der Waals surface area contributed by atoms with Gasteiger partial charge in [0.2, 0.25) is 0 Å². The highest BCUT2D eigenvalue weighted by atomic mass is 32.2. The molecule has 3 fully saturated rings. The van der Waals surface area contributed by atoms with E-state index in [9.17, 15) is 18.4 Å². The Balaban J connectivity index is 1.55. The number of Topliss-reactive ketones (excluding diaryl/α,β-unsaturated/α-hetero) is 1. The lowest BCUT2D eigenvalue weighted by molar-refractivity contribution is -0.117. The third-order valence-corrected chi connectivity index (χ3v) is 6.75. The van der Waals surface area contributed by atoms with Crippen LogP contribution >= 0.6 is 11.8 Å².